The zero-order valence-corrected chi connectivity index (χ0v) is 11.8. The fourth-order valence-electron chi connectivity index (χ4n) is 1.80. The first-order valence-electron chi connectivity index (χ1n) is 6.74. The Labute approximate surface area is 115 Å². The number of hydrogen-bond donors (Lipinski definition) is 1. The second kappa shape index (κ2) is 8.53. The lowest BCUT2D eigenvalue weighted by atomic mass is 10.2. The highest BCUT2D eigenvalue weighted by atomic mass is 16.5. The zero-order chi connectivity index (χ0) is 14.1. The van der Waals surface area contributed by atoms with Gasteiger partial charge in [0, 0.05) is 26.6 Å². The van der Waals surface area contributed by atoms with Crippen molar-refractivity contribution in [2.45, 2.75) is 32.7 Å². The smallest absolute Gasteiger partial charge is 0.222 e. The van der Waals surface area contributed by atoms with E-state index in [0.29, 0.717) is 26.0 Å². The summed E-state index contributed by atoms with van der Waals surface area (Å²) in [4.78, 5) is 13.5. The first-order valence-corrected chi connectivity index (χ1v) is 6.74. The van der Waals surface area contributed by atoms with Crippen molar-refractivity contribution in [2.24, 2.45) is 0 Å². The third kappa shape index (κ3) is 5.75. The Morgan fingerprint density at radius 2 is 1.95 bits per heavy atom. The number of benzene rings is 1. The van der Waals surface area contributed by atoms with Crippen LogP contribution in [0.3, 0.4) is 0 Å². The van der Waals surface area contributed by atoms with Gasteiger partial charge in [-0.15, -0.1) is 0 Å². The molecule has 0 aromatic heterocycles. The van der Waals surface area contributed by atoms with E-state index in [4.69, 9.17) is 9.84 Å². The minimum Gasteiger partial charge on any atom is -0.494 e. The predicted octanol–water partition coefficient (Wildman–Crippen LogP) is 2.21. The van der Waals surface area contributed by atoms with Crippen molar-refractivity contribution < 1.29 is 14.6 Å². The molecule has 1 amide bonds. The van der Waals surface area contributed by atoms with Crippen LogP contribution >= 0.6 is 0 Å². The average molecular weight is 265 g/mol. The number of hydrogen-bond acceptors (Lipinski definition) is 3. The van der Waals surface area contributed by atoms with E-state index >= 15 is 0 Å². The highest BCUT2D eigenvalue weighted by molar-refractivity contribution is 5.75. The summed E-state index contributed by atoms with van der Waals surface area (Å²) in [6, 6.07) is 7.79. The molecule has 0 aliphatic heterocycles. The number of unbranched alkanes of at least 4 members (excludes halogenated alkanes) is 1. The Morgan fingerprint density at radius 3 is 2.53 bits per heavy atom. The van der Waals surface area contributed by atoms with Crippen LogP contribution in [-0.4, -0.2) is 36.2 Å². The van der Waals surface area contributed by atoms with Gasteiger partial charge in [-0.05, 0) is 37.5 Å². The molecule has 0 saturated heterocycles. The van der Waals surface area contributed by atoms with Crippen molar-refractivity contribution in [2.75, 3.05) is 20.3 Å². The summed E-state index contributed by atoms with van der Waals surface area (Å²) in [7, 11) is 1.80. The Balaban J connectivity index is 2.42. The molecular formula is C15H23NO3. The lowest BCUT2D eigenvalue weighted by Crippen LogP contribution is -2.25. The van der Waals surface area contributed by atoms with Crippen LogP contribution in [0.4, 0.5) is 0 Å². The summed E-state index contributed by atoms with van der Waals surface area (Å²) in [6.45, 7) is 3.36. The second-order valence-electron chi connectivity index (χ2n) is 4.51. The van der Waals surface area contributed by atoms with E-state index in [1.54, 1.807) is 11.9 Å². The first-order chi connectivity index (χ1) is 9.17. The fraction of sp³-hybridized carbons (Fsp3) is 0.533. The maximum absolute atomic E-state index is 11.8. The molecule has 0 unspecified atom stereocenters. The third-order valence-corrected chi connectivity index (χ3v) is 2.88. The lowest BCUT2D eigenvalue weighted by Gasteiger charge is -2.17. The molecule has 0 bridgehead atoms. The molecule has 106 valence electrons. The van der Waals surface area contributed by atoms with E-state index in [-0.39, 0.29) is 12.5 Å². The van der Waals surface area contributed by atoms with Crippen LogP contribution in [0.5, 0.6) is 5.75 Å². The molecule has 1 aromatic rings. The molecule has 0 radical (unpaired) electrons. The van der Waals surface area contributed by atoms with Gasteiger partial charge in [-0.2, -0.15) is 0 Å². The second-order valence-corrected chi connectivity index (χ2v) is 4.51. The number of ether oxygens (including phenoxy) is 1. The summed E-state index contributed by atoms with van der Waals surface area (Å²) in [5, 5.41) is 8.69. The number of rotatable bonds is 8. The maximum atomic E-state index is 11.8. The lowest BCUT2D eigenvalue weighted by molar-refractivity contribution is -0.130. The van der Waals surface area contributed by atoms with E-state index in [9.17, 15) is 4.79 Å². The predicted molar refractivity (Wildman–Crippen MR) is 75.0 cm³/mol. The minimum atomic E-state index is 0.113. The van der Waals surface area contributed by atoms with Gasteiger partial charge in [0.05, 0.1) is 6.61 Å². The van der Waals surface area contributed by atoms with Crippen LogP contribution in [0.2, 0.25) is 0 Å². The van der Waals surface area contributed by atoms with Gasteiger partial charge in [-0.3, -0.25) is 4.79 Å². The number of aliphatic hydroxyl groups excluding tert-OH is 1. The van der Waals surface area contributed by atoms with Gasteiger partial charge in [-0.25, -0.2) is 0 Å². The van der Waals surface area contributed by atoms with Gasteiger partial charge in [0.2, 0.25) is 5.91 Å². The molecule has 0 aliphatic carbocycles. The van der Waals surface area contributed by atoms with Crippen LogP contribution in [0.1, 0.15) is 31.7 Å². The van der Waals surface area contributed by atoms with E-state index in [0.717, 1.165) is 17.7 Å². The van der Waals surface area contributed by atoms with E-state index in [1.807, 2.05) is 31.2 Å². The summed E-state index contributed by atoms with van der Waals surface area (Å²) in [5.74, 6) is 0.963. The minimum absolute atomic E-state index is 0.113. The summed E-state index contributed by atoms with van der Waals surface area (Å²) < 4.78 is 5.37. The average Bonchev–Trinajstić information content (AvgIpc) is 2.41. The molecule has 0 spiro atoms. The monoisotopic (exact) mass is 265 g/mol. The molecule has 1 aromatic carbocycles. The Morgan fingerprint density at radius 1 is 1.26 bits per heavy atom. The normalized spacial score (nSPS) is 10.3. The largest absolute Gasteiger partial charge is 0.494 e. The number of nitrogens with zero attached hydrogens (tertiary/aromatic N) is 1. The van der Waals surface area contributed by atoms with Crippen LogP contribution < -0.4 is 4.74 Å². The standard InChI is InChI=1S/C15H23NO3/c1-3-19-14-9-7-13(8-10-14)12-16(2)15(18)6-4-5-11-17/h7-10,17H,3-6,11-12H2,1-2H3. The molecule has 0 aliphatic rings. The quantitative estimate of drug-likeness (QED) is 0.733. The molecule has 4 heteroatoms. The van der Waals surface area contributed by atoms with Crippen LogP contribution in [0.25, 0.3) is 0 Å². The molecule has 19 heavy (non-hydrogen) atoms. The summed E-state index contributed by atoms with van der Waals surface area (Å²) in [5.41, 5.74) is 1.08. The SMILES string of the molecule is CCOc1ccc(CN(C)C(=O)CCCCO)cc1. The van der Waals surface area contributed by atoms with E-state index < -0.39 is 0 Å². The van der Waals surface area contributed by atoms with Crippen LogP contribution in [0, 0.1) is 0 Å². The molecule has 0 atom stereocenters. The van der Waals surface area contributed by atoms with Gasteiger partial charge in [-0.1, -0.05) is 12.1 Å². The molecule has 0 saturated carbocycles. The molecule has 1 N–H and O–H groups in total. The van der Waals surface area contributed by atoms with Crippen LogP contribution in [0.15, 0.2) is 24.3 Å². The summed E-state index contributed by atoms with van der Waals surface area (Å²) in [6.07, 6.45) is 1.92. The molecule has 0 heterocycles. The highest BCUT2D eigenvalue weighted by Crippen LogP contribution is 2.13. The van der Waals surface area contributed by atoms with Gasteiger partial charge in [0.1, 0.15) is 5.75 Å². The maximum Gasteiger partial charge on any atom is 0.222 e. The molecule has 1 rings (SSSR count). The Bertz CT molecular complexity index is 375. The van der Waals surface area contributed by atoms with Gasteiger partial charge in [0.15, 0.2) is 0 Å². The Kier molecular flexibility index (Phi) is 6.97. The van der Waals surface area contributed by atoms with Crippen molar-refractivity contribution in [3.63, 3.8) is 0 Å². The van der Waals surface area contributed by atoms with Crippen molar-refractivity contribution in [1.29, 1.82) is 0 Å². The van der Waals surface area contributed by atoms with Gasteiger partial charge >= 0.3 is 0 Å². The number of aliphatic hydroxyl groups is 1. The van der Waals surface area contributed by atoms with Crippen molar-refractivity contribution in [3.8, 4) is 5.75 Å². The van der Waals surface area contributed by atoms with Crippen molar-refractivity contribution in [1.82, 2.24) is 4.90 Å². The molecular weight excluding hydrogens is 242 g/mol. The van der Waals surface area contributed by atoms with Crippen LogP contribution in [-0.2, 0) is 11.3 Å². The van der Waals surface area contributed by atoms with E-state index in [2.05, 4.69) is 0 Å². The Hall–Kier alpha value is -1.55. The number of carbonyl (C=O) groups is 1. The van der Waals surface area contributed by atoms with E-state index in [1.165, 1.54) is 0 Å². The fourth-order valence-corrected chi connectivity index (χ4v) is 1.80. The first kappa shape index (κ1) is 15.5. The summed E-state index contributed by atoms with van der Waals surface area (Å²) >= 11 is 0. The third-order valence-electron chi connectivity index (χ3n) is 2.88. The molecule has 4 nitrogen and oxygen atoms in total. The zero-order valence-electron chi connectivity index (χ0n) is 11.8. The topological polar surface area (TPSA) is 49.8 Å². The van der Waals surface area contributed by atoms with Crippen molar-refractivity contribution >= 4 is 5.91 Å². The van der Waals surface area contributed by atoms with Gasteiger partial charge in [0.25, 0.3) is 0 Å². The highest BCUT2D eigenvalue weighted by Gasteiger charge is 2.08. The molecule has 0 fully saturated rings. The number of amides is 1. The van der Waals surface area contributed by atoms with Gasteiger partial charge < -0.3 is 14.7 Å². The van der Waals surface area contributed by atoms with Crippen molar-refractivity contribution in [3.05, 3.63) is 29.8 Å². The number of carbonyl (C=O) groups excluding carboxylic acids is 1.